The number of carbonyl (C=O) groups is 1. The number of hydrogen-bond donors (Lipinski definition) is 3. The van der Waals surface area contributed by atoms with E-state index in [2.05, 4.69) is 55.6 Å². The highest BCUT2D eigenvalue weighted by Gasteiger charge is 2.20. The predicted molar refractivity (Wildman–Crippen MR) is 239 cm³/mol. The third kappa shape index (κ3) is 41.8. The molecule has 1 amide bonds. The summed E-state index contributed by atoms with van der Waals surface area (Å²) in [5.74, 6) is -0.0340. The van der Waals surface area contributed by atoms with Crippen LogP contribution >= 0.6 is 0 Å². The lowest BCUT2D eigenvalue weighted by molar-refractivity contribution is -0.123. The SMILES string of the molecule is CCCCCCC/C=C\C/C=C\C/C=C\CCCCCCCCCCCCC(=O)NC(CO)C(O)CCCCCCCCCCCCCCCCCCC. The van der Waals surface area contributed by atoms with Crippen molar-refractivity contribution in [1.29, 1.82) is 0 Å². The second kappa shape index (κ2) is 46.0. The summed E-state index contributed by atoms with van der Waals surface area (Å²) in [6.45, 7) is 4.36. The first kappa shape index (κ1) is 52.6. The van der Waals surface area contributed by atoms with Crippen LogP contribution in [0.4, 0.5) is 0 Å². The topological polar surface area (TPSA) is 69.6 Å². The lowest BCUT2D eigenvalue weighted by Gasteiger charge is -2.22. The zero-order valence-corrected chi connectivity index (χ0v) is 36.5. The highest BCUT2D eigenvalue weighted by Crippen LogP contribution is 2.16. The molecule has 0 saturated heterocycles. The van der Waals surface area contributed by atoms with Gasteiger partial charge in [-0.3, -0.25) is 4.79 Å². The number of amides is 1. The second-order valence-electron chi connectivity index (χ2n) is 16.5. The summed E-state index contributed by atoms with van der Waals surface area (Å²) in [5, 5.41) is 23.2. The van der Waals surface area contributed by atoms with Gasteiger partial charge in [-0.2, -0.15) is 0 Å². The molecule has 0 aromatic carbocycles. The van der Waals surface area contributed by atoms with Crippen LogP contribution in [0, 0.1) is 0 Å². The fourth-order valence-corrected chi connectivity index (χ4v) is 7.43. The fraction of sp³-hybridized carbons (Fsp3) is 0.860. The normalized spacial score (nSPS) is 13.2. The Bertz CT molecular complexity index is 821. The zero-order valence-electron chi connectivity index (χ0n) is 36.5. The maximum atomic E-state index is 12.4. The molecule has 0 aliphatic rings. The molecule has 3 N–H and O–H groups in total. The predicted octanol–water partition coefficient (Wildman–Crippen LogP) is 15.4. The Morgan fingerprint density at radius 2 is 0.759 bits per heavy atom. The molecule has 2 atom stereocenters. The Kier molecular flexibility index (Phi) is 44.8. The van der Waals surface area contributed by atoms with Crippen molar-refractivity contribution in [2.75, 3.05) is 6.61 Å². The van der Waals surface area contributed by atoms with E-state index in [0.717, 1.165) is 38.5 Å². The quantitative estimate of drug-likeness (QED) is 0.0428. The number of unbranched alkanes of at least 4 members (excludes halogenated alkanes) is 31. The van der Waals surface area contributed by atoms with Crippen LogP contribution in [0.2, 0.25) is 0 Å². The Balaban J connectivity index is 3.51. The van der Waals surface area contributed by atoms with E-state index in [1.807, 2.05) is 0 Å². The molecule has 0 aromatic rings. The average molecular weight is 758 g/mol. The molecular formula is C50H95NO3. The first-order valence-corrected chi connectivity index (χ1v) is 24.2. The Labute approximate surface area is 338 Å². The van der Waals surface area contributed by atoms with Crippen LogP contribution in [0.3, 0.4) is 0 Å². The molecule has 318 valence electrons. The highest BCUT2D eigenvalue weighted by atomic mass is 16.3. The van der Waals surface area contributed by atoms with E-state index in [1.165, 1.54) is 193 Å². The van der Waals surface area contributed by atoms with Gasteiger partial charge < -0.3 is 15.5 Å². The minimum atomic E-state index is -0.661. The van der Waals surface area contributed by atoms with E-state index in [1.54, 1.807) is 0 Å². The summed E-state index contributed by atoms with van der Waals surface area (Å²) in [4.78, 5) is 12.4. The molecule has 0 aliphatic carbocycles. The Hall–Kier alpha value is -1.39. The smallest absolute Gasteiger partial charge is 0.220 e. The van der Waals surface area contributed by atoms with Crippen LogP contribution in [0.25, 0.3) is 0 Å². The summed E-state index contributed by atoms with van der Waals surface area (Å²) in [5.41, 5.74) is 0. The molecule has 54 heavy (non-hydrogen) atoms. The van der Waals surface area contributed by atoms with Gasteiger partial charge in [0, 0.05) is 6.42 Å². The molecule has 0 bridgehead atoms. The molecule has 2 unspecified atom stereocenters. The number of rotatable bonds is 44. The van der Waals surface area contributed by atoms with Gasteiger partial charge in [-0.1, -0.05) is 237 Å². The molecule has 0 spiro atoms. The number of aliphatic hydroxyl groups excluding tert-OH is 2. The van der Waals surface area contributed by atoms with Crippen molar-refractivity contribution in [3.63, 3.8) is 0 Å². The molecular weight excluding hydrogens is 663 g/mol. The van der Waals surface area contributed by atoms with Crippen molar-refractivity contribution >= 4 is 5.91 Å². The van der Waals surface area contributed by atoms with Crippen LogP contribution < -0.4 is 5.32 Å². The third-order valence-corrected chi connectivity index (χ3v) is 11.2. The van der Waals surface area contributed by atoms with E-state index < -0.39 is 12.1 Å². The van der Waals surface area contributed by atoms with Crippen molar-refractivity contribution in [1.82, 2.24) is 5.32 Å². The highest BCUT2D eigenvalue weighted by molar-refractivity contribution is 5.76. The van der Waals surface area contributed by atoms with Gasteiger partial charge in [0.05, 0.1) is 18.8 Å². The van der Waals surface area contributed by atoms with Gasteiger partial charge in [0.15, 0.2) is 0 Å². The van der Waals surface area contributed by atoms with Gasteiger partial charge in [0.1, 0.15) is 0 Å². The number of carbonyl (C=O) groups excluding carboxylic acids is 1. The molecule has 0 saturated carbocycles. The van der Waals surface area contributed by atoms with Gasteiger partial charge >= 0.3 is 0 Å². The van der Waals surface area contributed by atoms with Crippen molar-refractivity contribution in [2.24, 2.45) is 0 Å². The van der Waals surface area contributed by atoms with Crippen LogP contribution in [0.5, 0.6) is 0 Å². The minimum Gasteiger partial charge on any atom is -0.394 e. The molecule has 0 rings (SSSR count). The van der Waals surface area contributed by atoms with Crippen molar-refractivity contribution < 1.29 is 15.0 Å². The number of hydrogen-bond acceptors (Lipinski definition) is 3. The first-order valence-electron chi connectivity index (χ1n) is 24.2. The summed E-state index contributed by atoms with van der Waals surface area (Å²) in [7, 11) is 0. The molecule has 4 heteroatoms. The number of allylic oxidation sites excluding steroid dienone is 6. The number of aliphatic hydroxyl groups is 2. The molecule has 0 radical (unpaired) electrons. The first-order chi connectivity index (χ1) is 26.7. The monoisotopic (exact) mass is 758 g/mol. The average Bonchev–Trinajstić information content (AvgIpc) is 3.18. The summed E-state index contributed by atoms with van der Waals surface area (Å²) >= 11 is 0. The van der Waals surface area contributed by atoms with Crippen molar-refractivity contribution in [3.8, 4) is 0 Å². The maximum Gasteiger partial charge on any atom is 0.220 e. The van der Waals surface area contributed by atoms with Crippen LogP contribution in [-0.4, -0.2) is 34.9 Å². The molecule has 0 fully saturated rings. The van der Waals surface area contributed by atoms with Gasteiger partial charge in [-0.05, 0) is 51.4 Å². The molecule has 4 nitrogen and oxygen atoms in total. The van der Waals surface area contributed by atoms with Crippen LogP contribution in [-0.2, 0) is 4.79 Å². The zero-order chi connectivity index (χ0) is 39.3. The number of nitrogens with one attached hydrogen (secondary N) is 1. The van der Waals surface area contributed by atoms with E-state index in [-0.39, 0.29) is 12.5 Å². The minimum absolute atomic E-state index is 0.0340. The van der Waals surface area contributed by atoms with E-state index in [4.69, 9.17) is 0 Å². The standard InChI is InChI=1S/C50H95NO3/c1-3-5-7-9-11-13-15-17-19-21-22-23-24-25-26-27-28-30-32-34-36-38-40-42-44-46-50(54)51-48(47-52)49(53)45-43-41-39-37-35-33-31-29-20-18-16-14-12-10-8-6-4-2/h15,17,21-22,24-25,48-49,52-53H,3-14,16,18-20,23,26-47H2,1-2H3,(H,51,54)/b17-15-,22-21-,25-24-. The van der Waals surface area contributed by atoms with E-state index in [0.29, 0.717) is 12.8 Å². The van der Waals surface area contributed by atoms with Crippen molar-refractivity contribution in [2.45, 2.75) is 270 Å². The maximum absolute atomic E-state index is 12.4. The van der Waals surface area contributed by atoms with E-state index in [9.17, 15) is 15.0 Å². The fourth-order valence-electron chi connectivity index (χ4n) is 7.43. The van der Waals surface area contributed by atoms with Crippen molar-refractivity contribution in [3.05, 3.63) is 36.5 Å². The van der Waals surface area contributed by atoms with Gasteiger partial charge in [-0.15, -0.1) is 0 Å². The summed E-state index contributed by atoms with van der Waals surface area (Å²) in [6, 6.07) is -0.538. The summed E-state index contributed by atoms with van der Waals surface area (Å²) in [6.07, 6.45) is 60.9. The van der Waals surface area contributed by atoms with Crippen LogP contribution in [0.15, 0.2) is 36.5 Å². The molecule has 0 aliphatic heterocycles. The largest absolute Gasteiger partial charge is 0.394 e. The van der Waals surface area contributed by atoms with Gasteiger partial charge in [0.25, 0.3) is 0 Å². The van der Waals surface area contributed by atoms with E-state index >= 15 is 0 Å². The Morgan fingerprint density at radius 3 is 1.13 bits per heavy atom. The third-order valence-electron chi connectivity index (χ3n) is 11.2. The summed E-state index contributed by atoms with van der Waals surface area (Å²) < 4.78 is 0. The Morgan fingerprint density at radius 1 is 0.444 bits per heavy atom. The lowest BCUT2D eigenvalue weighted by atomic mass is 10.0. The second-order valence-corrected chi connectivity index (χ2v) is 16.5. The van der Waals surface area contributed by atoms with Gasteiger partial charge in [-0.25, -0.2) is 0 Å². The lowest BCUT2D eigenvalue weighted by Crippen LogP contribution is -2.45. The molecule has 0 aromatic heterocycles. The molecule has 0 heterocycles. The van der Waals surface area contributed by atoms with Crippen LogP contribution in [0.1, 0.15) is 258 Å². The van der Waals surface area contributed by atoms with Gasteiger partial charge in [0.2, 0.25) is 5.91 Å².